The number of benzene rings is 1. The van der Waals surface area contributed by atoms with Gasteiger partial charge in [-0.25, -0.2) is 0 Å². The number of nitrogens with one attached hydrogen (secondary N) is 1. The van der Waals surface area contributed by atoms with Gasteiger partial charge >= 0.3 is 0 Å². The summed E-state index contributed by atoms with van der Waals surface area (Å²) in [5.74, 6) is 0.00848. The zero-order chi connectivity index (χ0) is 17.7. The number of amides is 1. The fourth-order valence-electron chi connectivity index (χ4n) is 3.12. The molecule has 0 aliphatic heterocycles. The van der Waals surface area contributed by atoms with E-state index in [0.717, 1.165) is 42.3 Å². The average Bonchev–Trinajstić information content (AvgIpc) is 2.86. The van der Waals surface area contributed by atoms with Crippen molar-refractivity contribution in [3.8, 4) is 5.69 Å². The van der Waals surface area contributed by atoms with Gasteiger partial charge in [0, 0.05) is 30.2 Å². The minimum Gasteiger partial charge on any atom is -0.351 e. The van der Waals surface area contributed by atoms with Crippen molar-refractivity contribution in [1.29, 1.82) is 0 Å². The van der Waals surface area contributed by atoms with Crippen LogP contribution in [0.25, 0.3) is 5.69 Å². The molecular weight excluding hydrogens is 298 g/mol. The molecule has 24 heavy (non-hydrogen) atoms. The Bertz CT molecular complexity index is 699. The first-order valence-corrected chi connectivity index (χ1v) is 8.74. The van der Waals surface area contributed by atoms with E-state index in [2.05, 4.69) is 53.8 Å². The number of aromatic nitrogens is 1. The smallest absolute Gasteiger partial charge is 0.253 e. The van der Waals surface area contributed by atoms with Crippen molar-refractivity contribution in [2.45, 2.75) is 34.6 Å². The average molecular weight is 327 g/mol. The van der Waals surface area contributed by atoms with Crippen LogP contribution in [0.1, 0.15) is 41.2 Å². The van der Waals surface area contributed by atoms with Crippen LogP contribution in [0.5, 0.6) is 0 Å². The third-order valence-electron chi connectivity index (χ3n) is 4.54. The van der Waals surface area contributed by atoms with Crippen LogP contribution in [-0.4, -0.2) is 41.6 Å². The van der Waals surface area contributed by atoms with E-state index >= 15 is 0 Å². The van der Waals surface area contributed by atoms with Crippen LogP contribution in [0, 0.1) is 20.8 Å². The minimum absolute atomic E-state index is 0.00848. The van der Waals surface area contributed by atoms with Gasteiger partial charge in [0.25, 0.3) is 5.91 Å². The van der Waals surface area contributed by atoms with Gasteiger partial charge in [0.05, 0.1) is 5.56 Å². The molecule has 0 bridgehead atoms. The third kappa shape index (κ3) is 4.06. The highest BCUT2D eigenvalue weighted by atomic mass is 16.1. The van der Waals surface area contributed by atoms with E-state index in [-0.39, 0.29) is 5.91 Å². The van der Waals surface area contributed by atoms with E-state index in [1.165, 1.54) is 5.56 Å². The normalized spacial score (nSPS) is 11.1. The Kier molecular flexibility index (Phi) is 6.21. The lowest BCUT2D eigenvalue weighted by Crippen LogP contribution is -2.34. The summed E-state index contributed by atoms with van der Waals surface area (Å²) in [7, 11) is 0. The predicted octanol–water partition coefficient (Wildman–Crippen LogP) is 3.47. The number of aryl methyl sites for hydroxylation is 2. The Morgan fingerprint density at radius 1 is 1.12 bits per heavy atom. The van der Waals surface area contributed by atoms with Crippen molar-refractivity contribution in [2.75, 3.05) is 26.2 Å². The lowest BCUT2D eigenvalue weighted by Gasteiger charge is -2.18. The number of carbonyl (C=O) groups excluding carboxylic acids is 1. The highest BCUT2D eigenvalue weighted by Crippen LogP contribution is 2.21. The van der Waals surface area contributed by atoms with Crippen LogP contribution in [-0.2, 0) is 0 Å². The van der Waals surface area contributed by atoms with Crippen molar-refractivity contribution in [2.24, 2.45) is 0 Å². The lowest BCUT2D eigenvalue weighted by atomic mass is 10.2. The van der Waals surface area contributed by atoms with Gasteiger partial charge < -0.3 is 14.8 Å². The molecule has 1 heterocycles. The second-order valence-electron chi connectivity index (χ2n) is 6.24. The van der Waals surface area contributed by atoms with Gasteiger partial charge in [0.1, 0.15) is 0 Å². The molecule has 0 aliphatic rings. The quantitative estimate of drug-likeness (QED) is 0.845. The second kappa shape index (κ2) is 8.15. The summed E-state index contributed by atoms with van der Waals surface area (Å²) in [6, 6.07) is 10.3. The molecule has 1 aromatic carbocycles. The number of hydrogen-bond acceptors (Lipinski definition) is 2. The summed E-state index contributed by atoms with van der Waals surface area (Å²) in [5, 5.41) is 3.05. The van der Waals surface area contributed by atoms with Crippen molar-refractivity contribution in [1.82, 2.24) is 14.8 Å². The van der Waals surface area contributed by atoms with Crippen LogP contribution >= 0.6 is 0 Å². The number of hydrogen-bond donors (Lipinski definition) is 1. The lowest BCUT2D eigenvalue weighted by molar-refractivity contribution is 0.0948. The van der Waals surface area contributed by atoms with Gasteiger partial charge in [-0.2, -0.15) is 0 Å². The largest absolute Gasteiger partial charge is 0.351 e. The van der Waals surface area contributed by atoms with Crippen molar-refractivity contribution >= 4 is 5.91 Å². The molecule has 1 N–H and O–H groups in total. The Morgan fingerprint density at radius 2 is 1.83 bits per heavy atom. The summed E-state index contributed by atoms with van der Waals surface area (Å²) >= 11 is 0. The maximum absolute atomic E-state index is 12.5. The monoisotopic (exact) mass is 327 g/mol. The Balaban J connectivity index is 2.15. The molecule has 0 fully saturated rings. The molecule has 1 aromatic heterocycles. The highest BCUT2D eigenvalue weighted by Gasteiger charge is 2.16. The predicted molar refractivity (Wildman–Crippen MR) is 100 cm³/mol. The van der Waals surface area contributed by atoms with Gasteiger partial charge in [-0.05, 0) is 57.6 Å². The molecule has 130 valence electrons. The molecule has 0 radical (unpaired) electrons. The van der Waals surface area contributed by atoms with E-state index in [0.29, 0.717) is 6.54 Å². The molecule has 0 saturated carbocycles. The molecule has 0 spiro atoms. The summed E-state index contributed by atoms with van der Waals surface area (Å²) in [6.07, 6.45) is 0. The first-order valence-electron chi connectivity index (χ1n) is 8.74. The van der Waals surface area contributed by atoms with Gasteiger partial charge in [-0.3, -0.25) is 4.79 Å². The maximum atomic E-state index is 12.5. The Morgan fingerprint density at radius 3 is 2.46 bits per heavy atom. The molecule has 0 unspecified atom stereocenters. The Hall–Kier alpha value is -2.07. The number of carbonyl (C=O) groups is 1. The highest BCUT2D eigenvalue weighted by molar-refractivity contribution is 5.95. The standard InChI is InChI=1S/C20H29N3O/c1-6-22(7-2)12-11-21-20(24)19-14-16(4)23(17(19)5)18-10-8-9-15(3)13-18/h8-10,13-14H,6-7,11-12H2,1-5H3,(H,21,24). The first kappa shape index (κ1) is 18.3. The summed E-state index contributed by atoms with van der Waals surface area (Å²) in [5.41, 5.74) is 5.14. The van der Waals surface area contributed by atoms with Gasteiger partial charge in [-0.15, -0.1) is 0 Å². The van der Waals surface area contributed by atoms with Crippen LogP contribution in [0.4, 0.5) is 0 Å². The van der Waals surface area contributed by atoms with E-state index < -0.39 is 0 Å². The van der Waals surface area contributed by atoms with Crippen LogP contribution < -0.4 is 5.32 Å². The van der Waals surface area contributed by atoms with E-state index in [9.17, 15) is 4.79 Å². The SMILES string of the molecule is CCN(CC)CCNC(=O)c1cc(C)n(-c2cccc(C)c2)c1C. The molecule has 0 atom stereocenters. The molecular formula is C20H29N3O. The third-order valence-corrected chi connectivity index (χ3v) is 4.54. The topological polar surface area (TPSA) is 37.3 Å². The minimum atomic E-state index is 0.00848. The van der Waals surface area contributed by atoms with Gasteiger partial charge in [-0.1, -0.05) is 26.0 Å². The van der Waals surface area contributed by atoms with Crippen LogP contribution in [0.2, 0.25) is 0 Å². The van der Waals surface area contributed by atoms with Crippen molar-refractivity contribution in [3.05, 3.63) is 52.8 Å². The summed E-state index contributed by atoms with van der Waals surface area (Å²) < 4.78 is 2.15. The zero-order valence-corrected chi connectivity index (χ0v) is 15.5. The van der Waals surface area contributed by atoms with E-state index in [1.54, 1.807) is 0 Å². The zero-order valence-electron chi connectivity index (χ0n) is 15.5. The molecule has 0 saturated heterocycles. The molecule has 4 heteroatoms. The van der Waals surface area contributed by atoms with E-state index in [4.69, 9.17) is 0 Å². The fourth-order valence-corrected chi connectivity index (χ4v) is 3.12. The van der Waals surface area contributed by atoms with Crippen LogP contribution in [0.3, 0.4) is 0 Å². The number of nitrogens with zero attached hydrogens (tertiary/aromatic N) is 2. The molecule has 4 nitrogen and oxygen atoms in total. The summed E-state index contributed by atoms with van der Waals surface area (Å²) in [6.45, 7) is 14.0. The Labute approximate surface area is 145 Å². The number of rotatable bonds is 7. The van der Waals surface area contributed by atoms with Crippen molar-refractivity contribution < 1.29 is 4.79 Å². The van der Waals surface area contributed by atoms with Crippen molar-refractivity contribution in [3.63, 3.8) is 0 Å². The van der Waals surface area contributed by atoms with Crippen LogP contribution in [0.15, 0.2) is 30.3 Å². The first-order chi connectivity index (χ1) is 11.5. The molecule has 1 amide bonds. The van der Waals surface area contributed by atoms with Gasteiger partial charge in [0.2, 0.25) is 0 Å². The maximum Gasteiger partial charge on any atom is 0.253 e. The molecule has 0 aliphatic carbocycles. The van der Waals surface area contributed by atoms with E-state index in [1.807, 2.05) is 26.0 Å². The number of likely N-dealkylation sites (N-methyl/N-ethyl adjacent to an activating group) is 1. The van der Waals surface area contributed by atoms with Gasteiger partial charge in [0.15, 0.2) is 0 Å². The molecule has 2 aromatic rings. The fraction of sp³-hybridized carbons (Fsp3) is 0.450. The second-order valence-corrected chi connectivity index (χ2v) is 6.24. The summed E-state index contributed by atoms with van der Waals surface area (Å²) in [4.78, 5) is 14.8. The molecule has 2 rings (SSSR count).